The van der Waals surface area contributed by atoms with Gasteiger partial charge in [0.15, 0.2) is 11.5 Å². The highest BCUT2D eigenvalue weighted by Crippen LogP contribution is 2.33. The summed E-state index contributed by atoms with van der Waals surface area (Å²) < 4.78 is 45.0. The number of halogens is 3. The predicted octanol–water partition coefficient (Wildman–Crippen LogP) is 6.15. The van der Waals surface area contributed by atoms with Crippen LogP contribution < -0.4 is 10.6 Å². The fourth-order valence-electron chi connectivity index (χ4n) is 6.02. The number of carbonyl (C=O) groups excluding carboxylic acids is 4. The Labute approximate surface area is 256 Å². The Hall–Kier alpha value is -3.63. The fraction of sp³-hybridized carbons (Fsp3) is 0.576. The first kappa shape index (κ1) is 33.3. The van der Waals surface area contributed by atoms with Gasteiger partial charge in [-0.25, -0.2) is 0 Å². The second kappa shape index (κ2) is 14.9. The lowest BCUT2D eigenvalue weighted by Gasteiger charge is -2.24. The van der Waals surface area contributed by atoms with Gasteiger partial charge in [0.05, 0.1) is 18.2 Å². The van der Waals surface area contributed by atoms with Gasteiger partial charge in [-0.2, -0.15) is 13.2 Å². The van der Waals surface area contributed by atoms with Crippen LogP contribution in [0.5, 0.6) is 0 Å². The number of nitrogens with zero attached hydrogens (tertiary/aromatic N) is 1. The van der Waals surface area contributed by atoms with Crippen molar-refractivity contribution in [2.75, 3.05) is 13.1 Å². The van der Waals surface area contributed by atoms with Gasteiger partial charge in [0.25, 0.3) is 5.91 Å². The fourth-order valence-corrected chi connectivity index (χ4v) is 6.02. The van der Waals surface area contributed by atoms with Gasteiger partial charge in [-0.3, -0.25) is 19.2 Å². The van der Waals surface area contributed by atoms with Crippen LogP contribution in [0.4, 0.5) is 13.2 Å². The molecule has 4 rings (SSSR count). The number of Topliss-reactive ketones (excluding diaryl/α,β-unsaturated/α-hetero) is 1. The van der Waals surface area contributed by atoms with E-state index in [4.69, 9.17) is 4.42 Å². The number of carbonyl (C=O) groups is 4. The summed E-state index contributed by atoms with van der Waals surface area (Å²) in [6.07, 6.45) is 3.98. The number of hydrogen-bond acceptors (Lipinski definition) is 5. The van der Waals surface area contributed by atoms with Crippen molar-refractivity contribution in [3.05, 3.63) is 47.7 Å². The monoisotopic (exact) mass is 617 g/mol. The molecule has 1 saturated heterocycles. The number of likely N-dealkylation sites (tertiary alicyclic amines) is 1. The number of alkyl halides is 3. The van der Waals surface area contributed by atoms with Crippen molar-refractivity contribution >= 4 is 23.5 Å². The lowest BCUT2D eigenvalue weighted by Crippen LogP contribution is -2.52. The highest BCUT2D eigenvalue weighted by Gasteiger charge is 2.33. The van der Waals surface area contributed by atoms with Crippen LogP contribution in [0.15, 0.2) is 40.8 Å². The molecule has 1 aliphatic carbocycles. The van der Waals surface area contributed by atoms with Crippen molar-refractivity contribution < 1.29 is 36.8 Å². The van der Waals surface area contributed by atoms with E-state index < -0.39 is 35.6 Å². The third-order valence-electron chi connectivity index (χ3n) is 8.45. The molecule has 0 spiro atoms. The van der Waals surface area contributed by atoms with Crippen LogP contribution in [0.3, 0.4) is 0 Å². The number of rotatable bonds is 10. The molecule has 0 radical (unpaired) electrons. The van der Waals surface area contributed by atoms with E-state index in [1.807, 2.05) is 13.8 Å². The number of hydrogen-bond donors (Lipinski definition) is 2. The summed E-state index contributed by atoms with van der Waals surface area (Å²) in [5.41, 5.74) is -0.685. The molecule has 44 heavy (non-hydrogen) atoms. The molecular formula is C33H42F3N3O5. The highest BCUT2D eigenvalue weighted by atomic mass is 19.4. The van der Waals surface area contributed by atoms with Crippen molar-refractivity contribution in [2.45, 2.75) is 96.3 Å². The number of furan rings is 1. The van der Waals surface area contributed by atoms with Gasteiger partial charge in [0.1, 0.15) is 11.8 Å². The number of nitrogens with one attached hydrogen (secondary N) is 2. The maximum atomic E-state index is 13.3. The molecule has 11 heteroatoms. The maximum absolute atomic E-state index is 13.3. The second-order valence-electron chi connectivity index (χ2n) is 12.4. The topological polar surface area (TPSA) is 109 Å². The summed E-state index contributed by atoms with van der Waals surface area (Å²) in [4.78, 5) is 54.0. The average Bonchev–Trinajstić information content (AvgIpc) is 3.42. The van der Waals surface area contributed by atoms with Crippen LogP contribution >= 0.6 is 0 Å². The van der Waals surface area contributed by atoms with Gasteiger partial charge >= 0.3 is 6.18 Å². The number of amides is 3. The molecule has 0 bridgehead atoms. The van der Waals surface area contributed by atoms with Crippen molar-refractivity contribution in [1.29, 1.82) is 0 Å². The van der Waals surface area contributed by atoms with Crippen LogP contribution in [-0.4, -0.2) is 53.6 Å². The van der Waals surface area contributed by atoms with Gasteiger partial charge in [0.2, 0.25) is 11.8 Å². The molecule has 2 heterocycles. The Bertz CT molecular complexity index is 1320. The maximum Gasteiger partial charge on any atom is 0.416 e. The van der Waals surface area contributed by atoms with E-state index in [-0.39, 0.29) is 47.7 Å². The standard InChI is InChI=1S/C33H42F3N3O5/c1-21(2)18-26(38-32(43)29-15-14-28(44-29)23-10-6-11-24(19-23)33(34,35)36)31(42)37-25-12-7-17-39(20-27(25)40)30(41)16-13-22-8-4-3-5-9-22/h6,10-11,14-15,19,21-22,25-26H,3-5,7-9,12-13,16-18,20H2,1-2H3,(H,37,42)(H,38,43)/t25?,26-/m0/s1. The van der Waals surface area contributed by atoms with Gasteiger partial charge < -0.3 is 20.0 Å². The van der Waals surface area contributed by atoms with Gasteiger partial charge in [-0.15, -0.1) is 0 Å². The Kier molecular flexibility index (Phi) is 11.3. The molecule has 3 amide bonds. The Morgan fingerprint density at radius 1 is 1.02 bits per heavy atom. The summed E-state index contributed by atoms with van der Waals surface area (Å²) in [7, 11) is 0. The quantitative estimate of drug-likeness (QED) is 0.333. The van der Waals surface area contributed by atoms with Crippen LogP contribution in [0.25, 0.3) is 11.3 Å². The van der Waals surface area contributed by atoms with Crippen LogP contribution in [0.2, 0.25) is 0 Å². The smallest absolute Gasteiger partial charge is 0.416 e. The van der Waals surface area contributed by atoms with Crippen LogP contribution in [0, 0.1) is 11.8 Å². The van der Waals surface area contributed by atoms with Gasteiger partial charge in [-0.05, 0) is 61.8 Å². The highest BCUT2D eigenvalue weighted by molar-refractivity contribution is 5.98. The summed E-state index contributed by atoms with van der Waals surface area (Å²) >= 11 is 0. The molecule has 1 aliphatic heterocycles. The molecule has 8 nitrogen and oxygen atoms in total. The molecule has 240 valence electrons. The lowest BCUT2D eigenvalue weighted by atomic mass is 9.86. The minimum absolute atomic E-state index is 0.0189. The predicted molar refractivity (Wildman–Crippen MR) is 158 cm³/mol. The van der Waals surface area contributed by atoms with Crippen LogP contribution in [0.1, 0.15) is 94.2 Å². The summed E-state index contributed by atoms with van der Waals surface area (Å²) in [5.74, 6) is -0.982. The molecule has 2 atom stereocenters. The lowest BCUT2D eigenvalue weighted by molar-refractivity contribution is -0.137. The first-order valence-electron chi connectivity index (χ1n) is 15.6. The molecule has 2 fully saturated rings. The van der Waals surface area contributed by atoms with E-state index >= 15 is 0 Å². The first-order chi connectivity index (χ1) is 20.9. The molecule has 1 unspecified atom stereocenters. The van der Waals surface area contributed by atoms with E-state index in [2.05, 4.69) is 10.6 Å². The Morgan fingerprint density at radius 2 is 1.77 bits per heavy atom. The molecule has 1 aromatic heterocycles. The molecule has 2 aromatic rings. The Morgan fingerprint density at radius 3 is 2.48 bits per heavy atom. The summed E-state index contributed by atoms with van der Waals surface area (Å²) in [6.45, 7) is 4.18. The zero-order chi connectivity index (χ0) is 31.9. The van der Waals surface area contributed by atoms with Crippen molar-refractivity contribution in [3.63, 3.8) is 0 Å². The first-order valence-corrected chi connectivity index (χ1v) is 15.6. The number of benzene rings is 1. The average molecular weight is 618 g/mol. The zero-order valence-electron chi connectivity index (χ0n) is 25.4. The van der Waals surface area contributed by atoms with Crippen molar-refractivity contribution in [3.8, 4) is 11.3 Å². The minimum Gasteiger partial charge on any atom is -0.451 e. The van der Waals surface area contributed by atoms with E-state index in [0.29, 0.717) is 31.7 Å². The molecule has 2 N–H and O–H groups in total. The third kappa shape index (κ3) is 9.19. The van der Waals surface area contributed by atoms with Crippen LogP contribution in [-0.2, 0) is 20.6 Å². The van der Waals surface area contributed by atoms with Crippen molar-refractivity contribution in [1.82, 2.24) is 15.5 Å². The largest absolute Gasteiger partial charge is 0.451 e. The van der Waals surface area contributed by atoms with E-state index in [1.165, 1.54) is 43.5 Å². The summed E-state index contributed by atoms with van der Waals surface area (Å²) in [5, 5.41) is 5.45. The van der Waals surface area contributed by atoms with E-state index in [1.54, 1.807) is 4.90 Å². The second-order valence-corrected chi connectivity index (χ2v) is 12.4. The minimum atomic E-state index is -4.53. The zero-order valence-corrected chi connectivity index (χ0v) is 25.4. The Balaban J connectivity index is 1.35. The molecule has 1 saturated carbocycles. The van der Waals surface area contributed by atoms with Gasteiger partial charge in [0, 0.05) is 18.5 Å². The van der Waals surface area contributed by atoms with Gasteiger partial charge in [-0.1, -0.05) is 58.1 Å². The normalized spacial score (nSPS) is 19.0. The number of ketones is 1. The van der Waals surface area contributed by atoms with E-state index in [0.717, 1.165) is 31.4 Å². The summed E-state index contributed by atoms with van der Waals surface area (Å²) in [6, 6.07) is 5.56. The van der Waals surface area contributed by atoms with E-state index in [9.17, 15) is 32.3 Å². The molecule has 1 aromatic carbocycles. The van der Waals surface area contributed by atoms with Crippen molar-refractivity contribution in [2.24, 2.45) is 11.8 Å². The third-order valence-corrected chi connectivity index (χ3v) is 8.45. The molecule has 2 aliphatic rings. The SMILES string of the molecule is CC(C)C[C@H](NC(=O)c1ccc(-c2cccc(C(F)(F)F)c2)o1)C(=O)NC1CCCN(C(=O)CCC2CCCCC2)CC1=O. The molecular weight excluding hydrogens is 575 g/mol.